The molecule has 3 aromatic carbocycles. The molecule has 0 aliphatic carbocycles. The van der Waals surface area contributed by atoms with Crippen LogP contribution in [0.3, 0.4) is 0 Å². The quantitative estimate of drug-likeness (QED) is 0.398. The fourth-order valence-electron chi connectivity index (χ4n) is 4.88. The fourth-order valence-corrected chi connectivity index (χ4v) is 4.88. The smallest absolute Gasteiger partial charge is 0.236 e. The monoisotopic (exact) mass is 458 g/mol. The molecule has 0 aromatic heterocycles. The first-order valence-corrected chi connectivity index (χ1v) is 12.5. The predicted molar refractivity (Wildman–Crippen MR) is 136 cm³/mol. The molecule has 1 heterocycles. The predicted octanol–water partition coefficient (Wildman–Crippen LogP) is 5.54. The average Bonchev–Trinajstić information content (AvgIpc) is 3.06. The maximum atomic E-state index is 13.4. The molecule has 1 aliphatic rings. The number of benzene rings is 3. The van der Waals surface area contributed by atoms with Crippen LogP contribution < -0.4 is 0 Å². The highest BCUT2D eigenvalue weighted by molar-refractivity contribution is 5.79. The summed E-state index contributed by atoms with van der Waals surface area (Å²) in [6.45, 7) is 3.03. The van der Waals surface area contributed by atoms with E-state index in [1.807, 2.05) is 12.1 Å². The molecule has 1 saturated heterocycles. The van der Waals surface area contributed by atoms with Crippen LogP contribution in [-0.4, -0.2) is 47.9 Å². The molecule has 0 spiro atoms. The summed E-state index contributed by atoms with van der Waals surface area (Å²) in [7, 11) is 0. The molecule has 0 saturated carbocycles. The van der Waals surface area contributed by atoms with Gasteiger partial charge in [-0.05, 0) is 67.3 Å². The van der Waals surface area contributed by atoms with Gasteiger partial charge in [-0.15, -0.1) is 0 Å². The lowest BCUT2D eigenvalue weighted by atomic mass is 9.97. The third-order valence-corrected chi connectivity index (χ3v) is 6.84. The van der Waals surface area contributed by atoms with Crippen molar-refractivity contribution in [3.8, 4) is 0 Å². The van der Waals surface area contributed by atoms with E-state index in [2.05, 4.69) is 70.5 Å². The van der Waals surface area contributed by atoms with E-state index in [4.69, 9.17) is 0 Å². The zero-order valence-corrected chi connectivity index (χ0v) is 19.9. The van der Waals surface area contributed by atoms with Crippen molar-refractivity contribution < 1.29 is 9.18 Å². The lowest BCUT2D eigenvalue weighted by Crippen LogP contribution is -2.44. The van der Waals surface area contributed by atoms with Gasteiger partial charge >= 0.3 is 0 Å². The van der Waals surface area contributed by atoms with E-state index in [0.717, 1.165) is 63.7 Å². The number of amides is 1. The van der Waals surface area contributed by atoms with Crippen LogP contribution in [0.4, 0.5) is 4.39 Å². The molecular formula is C30H35FN2O. The van der Waals surface area contributed by atoms with Crippen molar-refractivity contribution in [2.45, 2.75) is 44.6 Å². The Labute approximate surface area is 203 Å². The van der Waals surface area contributed by atoms with E-state index in [9.17, 15) is 9.18 Å². The van der Waals surface area contributed by atoms with E-state index < -0.39 is 0 Å². The minimum absolute atomic E-state index is 0.207. The molecule has 0 N–H and O–H groups in total. The summed E-state index contributed by atoms with van der Waals surface area (Å²) in [6, 6.07) is 28.1. The summed E-state index contributed by atoms with van der Waals surface area (Å²) in [5, 5.41) is 0. The van der Waals surface area contributed by atoms with Crippen LogP contribution in [0.15, 0.2) is 84.9 Å². The highest BCUT2D eigenvalue weighted by Crippen LogP contribution is 2.19. The first-order valence-electron chi connectivity index (χ1n) is 12.5. The summed E-state index contributed by atoms with van der Waals surface area (Å²) >= 11 is 0. The summed E-state index contributed by atoms with van der Waals surface area (Å²) in [6.07, 6.45) is 5.76. The Kier molecular flexibility index (Phi) is 8.86. The van der Waals surface area contributed by atoms with Crippen molar-refractivity contribution >= 4 is 5.91 Å². The van der Waals surface area contributed by atoms with Crippen molar-refractivity contribution in [3.05, 3.63) is 107 Å². The first-order chi connectivity index (χ1) is 16.7. The Bertz CT molecular complexity index is 963. The van der Waals surface area contributed by atoms with Crippen molar-refractivity contribution in [1.29, 1.82) is 0 Å². The van der Waals surface area contributed by atoms with Crippen LogP contribution in [-0.2, 0) is 24.1 Å². The largest absolute Gasteiger partial charge is 0.339 e. The molecule has 178 valence electrons. The minimum Gasteiger partial charge on any atom is -0.339 e. The zero-order valence-electron chi connectivity index (χ0n) is 19.9. The second kappa shape index (κ2) is 12.5. The molecular weight excluding hydrogens is 423 g/mol. The van der Waals surface area contributed by atoms with E-state index in [0.29, 0.717) is 6.54 Å². The number of carbonyl (C=O) groups is 1. The Morgan fingerprint density at radius 1 is 0.706 bits per heavy atom. The molecule has 0 unspecified atom stereocenters. The average molecular weight is 459 g/mol. The SMILES string of the molecule is O=C1CN(CCc2ccc(F)cc2)CCCN1C(CCc1ccccc1)CCc1ccccc1. The van der Waals surface area contributed by atoms with Crippen molar-refractivity contribution in [2.24, 2.45) is 0 Å². The Morgan fingerprint density at radius 3 is 1.85 bits per heavy atom. The molecule has 1 amide bonds. The molecule has 0 bridgehead atoms. The van der Waals surface area contributed by atoms with E-state index in [-0.39, 0.29) is 17.8 Å². The van der Waals surface area contributed by atoms with Gasteiger partial charge in [-0.1, -0.05) is 72.8 Å². The number of carbonyl (C=O) groups excluding carboxylic acids is 1. The van der Waals surface area contributed by atoms with Crippen LogP contribution in [0, 0.1) is 5.82 Å². The van der Waals surface area contributed by atoms with E-state index >= 15 is 0 Å². The molecule has 4 rings (SSSR count). The van der Waals surface area contributed by atoms with Crippen molar-refractivity contribution in [3.63, 3.8) is 0 Å². The van der Waals surface area contributed by atoms with Crippen LogP contribution in [0.2, 0.25) is 0 Å². The maximum Gasteiger partial charge on any atom is 0.236 e. The third kappa shape index (κ3) is 7.26. The lowest BCUT2D eigenvalue weighted by molar-refractivity contribution is -0.133. The third-order valence-electron chi connectivity index (χ3n) is 6.84. The number of nitrogens with zero attached hydrogens (tertiary/aromatic N) is 2. The lowest BCUT2D eigenvalue weighted by Gasteiger charge is -2.31. The number of aryl methyl sites for hydroxylation is 2. The van der Waals surface area contributed by atoms with Gasteiger partial charge in [-0.3, -0.25) is 9.69 Å². The summed E-state index contributed by atoms with van der Waals surface area (Å²) < 4.78 is 13.2. The van der Waals surface area contributed by atoms with Gasteiger partial charge in [0, 0.05) is 25.7 Å². The van der Waals surface area contributed by atoms with Crippen LogP contribution in [0.5, 0.6) is 0 Å². The molecule has 34 heavy (non-hydrogen) atoms. The Hall–Kier alpha value is -2.98. The van der Waals surface area contributed by atoms with Crippen LogP contribution in [0.25, 0.3) is 0 Å². The fraction of sp³-hybridized carbons (Fsp3) is 0.367. The zero-order chi connectivity index (χ0) is 23.6. The van der Waals surface area contributed by atoms with Crippen molar-refractivity contribution in [2.75, 3.05) is 26.2 Å². The molecule has 3 aromatic rings. The van der Waals surface area contributed by atoms with E-state index in [1.165, 1.54) is 23.3 Å². The maximum absolute atomic E-state index is 13.4. The Balaban J connectivity index is 1.38. The molecule has 0 atom stereocenters. The first kappa shape index (κ1) is 24.2. The summed E-state index contributed by atoms with van der Waals surface area (Å²) in [4.78, 5) is 17.8. The number of hydrogen-bond donors (Lipinski definition) is 0. The van der Waals surface area contributed by atoms with Gasteiger partial charge in [-0.2, -0.15) is 0 Å². The summed E-state index contributed by atoms with van der Waals surface area (Å²) in [5.74, 6) is 0.0316. The van der Waals surface area contributed by atoms with E-state index in [1.54, 1.807) is 0 Å². The summed E-state index contributed by atoms with van der Waals surface area (Å²) in [5.41, 5.74) is 3.77. The normalized spacial score (nSPS) is 15.0. The molecule has 0 radical (unpaired) electrons. The molecule has 4 heteroatoms. The van der Waals surface area contributed by atoms with Crippen molar-refractivity contribution in [1.82, 2.24) is 9.80 Å². The van der Waals surface area contributed by atoms with Gasteiger partial charge in [0.25, 0.3) is 0 Å². The number of rotatable bonds is 10. The number of halogens is 1. The highest BCUT2D eigenvalue weighted by Gasteiger charge is 2.27. The van der Waals surface area contributed by atoms with Gasteiger partial charge < -0.3 is 4.90 Å². The van der Waals surface area contributed by atoms with Crippen LogP contribution in [0.1, 0.15) is 36.0 Å². The Morgan fingerprint density at radius 2 is 1.26 bits per heavy atom. The minimum atomic E-state index is -0.207. The second-order valence-electron chi connectivity index (χ2n) is 9.30. The molecule has 1 fully saturated rings. The van der Waals surface area contributed by atoms with Gasteiger partial charge in [0.05, 0.1) is 6.54 Å². The highest BCUT2D eigenvalue weighted by atomic mass is 19.1. The molecule has 3 nitrogen and oxygen atoms in total. The topological polar surface area (TPSA) is 23.6 Å². The molecule has 1 aliphatic heterocycles. The van der Waals surface area contributed by atoms with Gasteiger partial charge in [0.15, 0.2) is 0 Å². The second-order valence-corrected chi connectivity index (χ2v) is 9.30. The van der Waals surface area contributed by atoms with Gasteiger partial charge in [0.1, 0.15) is 5.82 Å². The standard InChI is InChI=1S/C30H35FN2O/c31-28-16-12-27(13-17-28)20-23-32-21-7-22-33(30(34)24-32)29(18-14-25-8-3-1-4-9-25)19-15-26-10-5-2-6-11-26/h1-6,8-13,16-17,29H,7,14-15,18-24H2. The van der Waals surface area contributed by atoms with Crippen LogP contribution >= 0.6 is 0 Å². The number of hydrogen-bond acceptors (Lipinski definition) is 2. The van der Waals surface area contributed by atoms with Gasteiger partial charge in [-0.25, -0.2) is 4.39 Å². The van der Waals surface area contributed by atoms with Gasteiger partial charge in [0.2, 0.25) is 5.91 Å².